The van der Waals surface area contributed by atoms with Crippen molar-refractivity contribution in [3.63, 3.8) is 0 Å². The molecule has 1 aromatic rings. The predicted octanol–water partition coefficient (Wildman–Crippen LogP) is 2.59. The zero-order valence-corrected chi connectivity index (χ0v) is 7.98. The average Bonchev–Trinajstić information content (AvgIpc) is 2.14. The van der Waals surface area contributed by atoms with Crippen LogP contribution in [0.3, 0.4) is 0 Å². The first-order valence-corrected chi connectivity index (χ1v) is 5.75. The quantitative estimate of drug-likeness (QED) is 0.416. The molecule has 1 rings (SSSR count). The molecule has 0 aliphatic heterocycles. The molecule has 0 bridgehead atoms. The molecule has 0 amide bonds. The zero-order chi connectivity index (χ0) is 8.65. The zero-order valence-electron chi connectivity index (χ0n) is 6.34. The number of nitrogens with zero attached hydrogens (tertiary/aromatic N) is 2. The fourth-order valence-electron chi connectivity index (χ4n) is 0.573. The fraction of sp³-hybridized carbons (Fsp3) is 0.286. The monoisotopic (exact) mass is 200 g/mol. The molecule has 0 aliphatic carbocycles. The molecule has 0 unspecified atom stereocenters. The average molecular weight is 200 g/mol. The van der Waals surface area contributed by atoms with Crippen LogP contribution >= 0.6 is 21.6 Å². The molecule has 12 heavy (non-hydrogen) atoms. The van der Waals surface area contributed by atoms with Gasteiger partial charge in [-0.3, -0.25) is 0 Å². The summed E-state index contributed by atoms with van der Waals surface area (Å²) in [4.78, 5) is 13.8. The van der Waals surface area contributed by atoms with E-state index in [0.29, 0.717) is 6.54 Å². The summed E-state index contributed by atoms with van der Waals surface area (Å²) in [5.74, 6) is 0.741. The maximum absolute atomic E-state index is 9.73. The van der Waals surface area contributed by atoms with E-state index in [0.717, 1.165) is 10.8 Å². The molecular weight excluding hydrogens is 192 g/mol. The smallest absolute Gasteiger partial charge is 0.106 e. The van der Waals surface area contributed by atoms with Crippen molar-refractivity contribution < 1.29 is 0 Å². The number of aromatic nitrogens is 1. The van der Waals surface area contributed by atoms with E-state index in [1.165, 1.54) is 0 Å². The summed E-state index contributed by atoms with van der Waals surface area (Å²) in [5.41, 5.74) is 0. The van der Waals surface area contributed by atoms with Gasteiger partial charge in [-0.15, -0.1) is 0 Å². The Morgan fingerprint density at radius 3 is 3.08 bits per heavy atom. The van der Waals surface area contributed by atoms with Crippen LogP contribution in [0.15, 0.2) is 34.6 Å². The Labute approximate surface area is 78.7 Å². The van der Waals surface area contributed by atoms with E-state index >= 15 is 0 Å². The fourth-order valence-corrected chi connectivity index (χ4v) is 2.30. The first-order valence-electron chi connectivity index (χ1n) is 3.43. The van der Waals surface area contributed by atoms with Gasteiger partial charge in [0.25, 0.3) is 0 Å². The van der Waals surface area contributed by atoms with Gasteiger partial charge in [-0.1, -0.05) is 22.0 Å². The van der Waals surface area contributed by atoms with Gasteiger partial charge in [-0.2, -0.15) is 4.91 Å². The molecule has 0 saturated carbocycles. The molecule has 0 fully saturated rings. The largest absolute Gasteiger partial charge is 0.249 e. The van der Waals surface area contributed by atoms with Crippen LogP contribution in [-0.4, -0.2) is 17.3 Å². The lowest BCUT2D eigenvalue weighted by Crippen LogP contribution is -1.80. The van der Waals surface area contributed by atoms with Crippen LogP contribution in [-0.2, 0) is 0 Å². The second kappa shape index (κ2) is 6.02. The molecular formula is C7H8N2OS2. The molecule has 1 aromatic heterocycles. The minimum atomic E-state index is 0.366. The highest BCUT2D eigenvalue weighted by Crippen LogP contribution is 2.28. The lowest BCUT2D eigenvalue weighted by atomic mass is 10.5. The highest BCUT2D eigenvalue weighted by atomic mass is 33.1. The van der Waals surface area contributed by atoms with Gasteiger partial charge < -0.3 is 0 Å². The van der Waals surface area contributed by atoms with Crippen molar-refractivity contribution in [2.75, 3.05) is 12.3 Å². The molecule has 0 aromatic carbocycles. The second-order valence-electron chi connectivity index (χ2n) is 1.93. The minimum absolute atomic E-state index is 0.366. The van der Waals surface area contributed by atoms with Crippen LogP contribution < -0.4 is 0 Å². The molecule has 5 heteroatoms. The third kappa shape index (κ3) is 3.73. The van der Waals surface area contributed by atoms with E-state index in [-0.39, 0.29) is 0 Å². The summed E-state index contributed by atoms with van der Waals surface area (Å²) in [6.07, 6.45) is 1.75. The number of pyridine rings is 1. The molecule has 0 radical (unpaired) electrons. The summed E-state index contributed by atoms with van der Waals surface area (Å²) in [7, 11) is 3.16. The van der Waals surface area contributed by atoms with E-state index in [2.05, 4.69) is 10.2 Å². The van der Waals surface area contributed by atoms with E-state index < -0.39 is 0 Å². The Bertz CT molecular complexity index is 230. The Morgan fingerprint density at radius 1 is 1.50 bits per heavy atom. The Morgan fingerprint density at radius 2 is 2.42 bits per heavy atom. The van der Waals surface area contributed by atoms with E-state index in [4.69, 9.17) is 0 Å². The van der Waals surface area contributed by atoms with Gasteiger partial charge in [0.1, 0.15) is 5.03 Å². The van der Waals surface area contributed by atoms with E-state index in [1.54, 1.807) is 27.8 Å². The van der Waals surface area contributed by atoms with Crippen LogP contribution in [0.1, 0.15) is 0 Å². The molecule has 0 saturated heterocycles. The first-order chi connectivity index (χ1) is 5.93. The third-order valence-electron chi connectivity index (χ3n) is 1.05. The van der Waals surface area contributed by atoms with Crippen molar-refractivity contribution >= 4 is 21.6 Å². The summed E-state index contributed by atoms with van der Waals surface area (Å²) in [6.45, 7) is 0.366. The van der Waals surface area contributed by atoms with Crippen LogP contribution in [0, 0.1) is 4.91 Å². The highest BCUT2D eigenvalue weighted by molar-refractivity contribution is 8.76. The van der Waals surface area contributed by atoms with Crippen LogP contribution in [0.2, 0.25) is 0 Å². The van der Waals surface area contributed by atoms with Crippen LogP contribution in [0.4, 0.5) is 0 Å². The SMILES string of the molecule is O=NCCSSc1ccccn1. The molecule has 64 valence electrons. The highest BCUT2D eigenvalue weighted by Gasteiger charge is 1.93. The summed E-state index contributed by atoms with van der Waals surface area (Å²) < 4.78 is 0. The number of hydrogen-bond donors (Lipinski definition) is 0. The summed E-state index contributed by atoms with van der Waals surface area (Å²) >= 11 is 0. The lowest BCUT2D eigenvalue weighted by Gasteiger charge is -1.95. The van der Waals surface area contributed by atoms with Crippen molar-refractivity contribution in [1.82, 2.24) is 4.98 Å². The predicted molar refractivity (Wildman–Crippen MR) is 53.2 cm³/mol. The van der Waals surface area contributed by atoms with Crippen molar-refractivity contribution in [3.05, 3.63) is 29.3 Å². The summed E-state index contributed by atoms with van der Waals surface area (Å²) in [6, 6.07) is 5.75. The topological polar surface area (TPSA) is 42.3 Å². The lowest BCUT2D eigenvalue weighted by molar-refractivity contribution is 1.13. The maximum Gasteiger partial charge on any atom is 0.106 e. The van der Waals surface area contributed by atoms with Crippen molar-refractivity contribution in [1.29, 1.82) is 0 Å². The minimum Gasteiger partial charge on any atom is -0.249 e. The Balaban J connectivity index is 2.20. The van der Waals surface area contributed by atoms with Gasteiger partial charge in [-0.05, 0) is 22.9 Å². The number of rotatable bonds is 5. The van der Waals surface area contributed by atoms with Crippen LogP contribution in [0.5, 0.6) is 0 Å². The van der Waals surface area contributed by atoms with E-state index in [1.807, 2.05) is 18.2 Å². The van der Waals surface area contributed by atoms with Gasteiger partial charge in [0.05, 0.1) is 6.54 Å². The summed E-state index contributed by atoms with van der Waals surface area (Å²) in [5, 5.41) is 3.73. The van der Waals surface area contributed by atoms with E-state index in [9.17, 15) is 4.91 Å². The number of hydrogen-bond acceptors (Lipinski definition) is 5. The van der Waals surface area contributed by atoms with Crippen molar-refractivity contribution in [2.24, 2.45) is 5.18 Å². The second-order valence-corrected chi connectivity index (χ2v) is 4.36. The maximum atomic E-state index is 9.73. The molecule has 0 aliphatic rings. The van der Waals surface area contributed by atoms with Gasteiger partial charge in [0.15, 0.2) is 0 Å². The van der Waals surface area contributed by atoms with Crippen molar-refractivity contribution in [3.8, 4) is 0 Å². The standard InChI is InChI=1S/C7H8N2OS2/c10-9-5-6-11-12-7-3-1-2-4-8-7/h1-4H,5-6H2. The van der Waals surface area contributed by atoms with Gasteiger partial charge in [-0.25, -0.2) is 4.98 Å². The van der Waals surface area contributed by atoms with Crippen molar-refractivity contribution in [2.45, 2.75) is 5.03 Å². The first kappa shape index (κ1) is 9.54. The van der Waals surface area contributed by atoms with Crippen LogP contribution in [0.25, 0.3) is 0 Å². The molecule has 0 spiro atoms. The molecule has 1 heterocycles. The van der Waals surface area contributed by atoms with Gasteiger partial charge >= 0.3 is 0 Å². The number of nitroso groups, excluding NO2 is 1. The third-order valence-corrected chi connectivity index (χ3v) is 3.29. The Hall–Kier alpha value is -0.550. The van der Waals surface area contributed by atoms with Gasteiger partial charge in [0.2, 0.25) is 0 Å². The molecule has 0 atom stereocenters. The Kier molecular flexibility index (Phi) is 4.79. The molecule has 0 N–H and O–H groups in total. The normalized spacial score (nSPS) is 9.67. The van der Waals surface area contributed by atoms with Gasteiger partial charge in [0, 0.05) is 11.9 Å². The molecule has 3 nitrogen and oxygen atoms in total.